The molecule has 136 valence electrons. The number of anilines is 1. The molecule has 2 rings (SSSR count). The number of rotatable bonds is 6. The summed E-state index contributed by atoms with van der Waals surface area (Å²) >= 11 is 7.18. The maximum atomic E-state index is 12.3. The number of nitrogens with one attached hydrogen (secondary N) is 2. The molecule has 0 bridgehead atoms. The van der Waals surface area contributed by atoms with E-state index in [4.69, 9.17) is 11.6 Å². The van der Waals surface area contributed by atoms with Gasteiger partial charge in [-0.2, -0.15) is 17.4 Å². The molecule has 7 nitrogen and oxygen atoms in total. The second kappa shape index (κ2) is 7.79. The highest BCUT2D eigenvalue weighted by molar-refractivity contribution is 7.87. The van der Waals surface area contributed by atoms with Crippen LogP contribution >= 0.6 is 22.9 Å². The molecule has 0 saturated heterocycles. The van der Waals surface area contributed by atoms with Crippen molar-refractivity contribution in [1.82, 2.24) is 14.0 Å². The zero-order valence-corrected chi connectivity index (χ0v) is 16.6. The van der Waals surface area contributed by atoms with Crippen LogP contribution in [0.15, 0.2) is 23.6 Å². The van der Waals surface area contributed by atoms with Gasteiger partial charge in [0.05, 0.1) is 6.04 Å². The molecule has 10 heteroatoms. The van der Waals surface area contributed by atoms with Crippen molar-refractivity contribution in [2.75, 3.05) is 19.4 Å². The van der Waals surface area contributed by atoms with E-state index in [0.717, 1.165) is 9.87 Å². The summed E-state index contributed by atoms with van der Waals surface area (Å²) in [6, 6.07) is 4.63. The van der Waals surface area contributed by atoms with Crippen LogP contribution in [0.25, 0.3) is 0 Å². The van der Waals surface area contributed by atoms with Crippen molar-refractivity contribution in [1.29, 1.82) is 0 Å². The average molecular weight is 403 g/mol. The molecule has 1 heterocycles. The fourth-order valence-electron chi connectivity index (χ4n) is 1.89. The molecule has 0 radical (unpaired) electrons. The van der Waals surface area contributed by atoms with E-state index in [1.807, 2.05) is 6.92 Å². The average Bonchev–Trinajstić information content (AvgIpc) is 3.00. The quantitative estimate of drug-likeness (QED) is 0.777. The lowest BCUT2D eigenvalue weighted by Crippen LogP contribution is -2.37. The number of carbonyl (C=O) groups is 1. The summed E-state index contributed by atoms with van der Waals surface area (Å²) in [5.41, 5.74) is 1.69. The molecule has 2 N–H and O–H groups in total. The molecule has 1 aromatic carbocycles. The summed E-state index contributed by atoms with van der Waals surface area (Å²) in [6.45, 7) is 3.52. The van der Waals surface area contributed by atoms with Crippen molar-refractivity contribution >= 4 is 44.7 Å². The predicted molar refractivity (Wildman–Crippen MR) is 100 cm³/mol. The molecule has 0 aliphatic rings. The number of halogens is 1. The normalized spacial score (nSPS) is 13.0. The van der Waals surface area contributed by atoms with Crippen LogP contribution in [0, 0.1) is 6.92 Å². The van der Waals surface area contributed by atoms with Gasteiger partial charge in [-0.05, 0) is 37.6 Å². The van der Waals surface area contributed by atoms with Crippen molar-refractivity contribution in [2.24, 2.45) is 0 Å². The molecule has 25 heavy (non-hydrogen) atoms. The van der Waals surface area contributed by atoms with E-state index in [1.54, 1.807) is 30.5 Å². The van der Waals surface area contributed by atoms with Gasteiger partial charge < -0.3 is 5.32 Å². The van der Waals surface area contributed by atoms with Crippen LogP contribution < -0.4 is 10.0 Å². The Balaban J connectivity index is 2.09. The van der Waals surface area contributed by atoms with E-state index >= 15 is 0 Å². The highest BCUT2D eigenvalue weighted by atomic mass is 35.5. The zero-order chi connectivity index (χ0) is 18.8. The summed E-state index contributed by atoms with van der Waals surface area (Å²) in [5, 5.41) is 5.46. The monoisotopic (exact) mass is 402 g/mol. The molecule has 0 aliphatic carbocycles. The van der Waals surface area contributed by atoms with Gasteiger partial charge in [-0.3, -0.25) is 4.79 Å². The third-order valence-corrected chi connectivity index (χ3v) is 6.41. The summed E-state index contributed by atoms with van der Waals surface area (Å²) in [6.07, 6.45) is 0. The Morgan fingerprint density at radius 1 is 1.36 bits per heavy atom. The van der Waals surface area contributed by atoms with Crippen LogP contribution in [0.4, 0.5) is 5.69 Å². The standard InChI is InChI=1S/C15H19ClN4O3S2/c1-9-7-11(5-6-12(9)16)17-14(21)13-8-24-15(18-13)10(2)19-25(22,23)20(3)4/h5-8,10,19H,1-4H3,(H,17,21)/t10-/m1/s1. The molecule has 0 fully saturated rings. The number of hydrogen-bond donors (Lipinski definition) is 2. The number of hydrogen-bond acceptors (Lipinski definition) is 5. The second-order valence-corrected chi connectivity index (χ2v) is 8.83. The van der Waals surface area contributed by atoms with Gasteiger partial charge in [-0.15, -0.1) is 11.3 Å². The molecular formula is C15H19ClN4O3S2. The number of aromatic nitrogens is 1. The summed E-state index contributed by atoms with van der Waals surface area (Å²) in [4.78, 5) is 16.5. The van der Waals surface area contributed by atoms with Gasteiger partial charge in [0.1, 0.15) is 10.7 Å². The summed E-state index contributed by atoms with van der Waals surface area (Å²) in [7, 11) is -0.708. The molecular weight excluding hydrogens is 384 g/mol. The number of benzene rings is 1. The van der Waals surface area contributed by atoms with Crippen LogP contribution in [-0.2, 0) is 10.2 Å². The minimum Gasteiger partial charge on any atom is -0.321 e. The predicted octanol–water partition coefficient (Wildman–Crippen LogP) is 2.81. The van der Waals surface area contributed by atoms with Gasteiger partial charge in [0.15, 0.2) is 0 Å². The van der Waals surface area contributed by atoms with Crippen molar-refractivity contribution in [3.05, 3.63) is 44.9 Å². The van der Waals surface area contributed by atoms with Crippen LogP contribution in [0.3, 0.4) is 0 Å². The number of amides is 1. The van der Waals surface area contributed by atoms with E-state index in [-0.39, 0.29) is 11.6 Å². The first kappa shape index (κ1) is 19.8. The molecule has 1 amide bonds. The van der Waals surface area contributed by atoms with Crippen LogP contribution in [0.5, 0.6) is 0 Å². The largest absolute Gasteiger partial charge is 0.321 e. The third-order valence-electron chi connectivity index (χ3n) is 3.35. The van der Waals surface area contributed by atoms with Crippen molar-refractivity contribution in [3.8, 4) is 0 Å². The Morgan fingerprint density at radius 3 is 2.64 bits per heavy atom. The first-order chi connectivity index (χ1) is 11.6. The van der Waals surface area contributed by atoms with E-state index in [0.29, 0.717) is 15.7 Å². The highest BCUT2D eigenvalue weighted by Gasteiger charge is 2.21. The summed E-state index contributed by atoms with van der Waals surface area (Å²) in [5.74, 6) is -0.369. The Morgan fingerprint density at radius 2 is 2.04 bits per heavy atom. The molecule has 1 atom stereocenters. The topological polar surface area (TPSA) is 91.4 Å². The third kappa shape index (κ3) is 4.99. The van der Waals surface area contributed by atoms with Crippen molar-refractivity contribution < 1.29 is 13.2 Å². The van der Waals surface area contributed by atoms with Crippen LogP contribution in [0.2, 0.25) is 5.02 Å². The van der Waals surface area contributed by atoms with E-state index in [9.17, 15) is 13.2 Å². The fourth-order valence-corrected chi connectivity index (χ4v) is 3.66. The maximum absolute atomic E-state index is 12.3. The lowest BCUT2D eigenvalue weighted by molar-refractivity contribution is 0.102. The van der Waals surface area contributed by atoms with Gasteiger partial charge in [-0.25, -0.2) is 4.98 Å². The number of nitrogens with zero attached hydrogens (tertiary/aromatic N) is 2. The van der Waals surface area contributed by atoms with Crippen LogP contribution in [0.1, 0.15) is 34.0 Å². The van der Waals surface area contributed by atoms with E-state index in [2.05, 4.69) is 15.0 Å². The Labute approximate surface area is 156 Å². The lowest BCUT2D eigenvalue weighted by atomic mass is 10.2. The fraction of sp³-hybridized carbons (Fsp3) is 0.333. The maximum Gasteiger partial charge on any atom is 0.279 e. The molecule has 2 aromatic rings. The first-order valence-electron chi connectivity index (χ1n) is 7.33. The molecule has 1 aromatic heterocycles. The van der Waals surface area contributed by atoms with Crippen LogP contribution in [-0.4, -0.2) is 37.7 Å². The minimum absolute atomic E-state index is 0.225. The van der Waals surface area contributed by atoms with Gasteiger partial charge in [0.25, 0.3) is 16.1 Å². The number of aryl methyl sites for hydroxylation is 1. The molecule has 0 aliphatic heterocycles. The smallest absolute Gasteiger partial charge is 0.279 e. The van der Waals surface area contributed by atoms with Gasteiger partial charge in [-0.1, -0.05) is 11.6 Å². The SMILES string of the molecule is Cc1cc(NC(=O)c2csc([C@@H](C)NS(=O)(=O)N(C)C)n2)ccc1Cl. The first-order valence-corrected chi connectivity index (χ1v) is 10.0. The zero-order valence-electron chi connectivity index (χ0n) is 14.2. The van der Waals surface area contributed by atoms with E-state index < -0.39 is 16.3 Å². The Kier molecular flexibility index (Phi) is 6.17. The van der Waals surface area contributed by atoms with Crippen molar-refractivity contribution in [3.63, 3.8) is 0 Å². The van der Waals surface area contributed by atoms with Gasteiger partial charge >= 0.3 is 0 Å². The van der Waals surface area contributed by atoms with E-state index in [1.165, 1.54) is 25.4 Å². The van der Waals surface area contributed by atoms with Crippen molar-refractivity contribution in [2.45, 2.75) is 19.9 Å². The van der Waals surface area contributed by atoms with Gasteiger partial charge in [0, 0.05) is 30.2 Å². The molecule has 0 saturated carbocycles. The Hall–Kier alpha value is -1.52. The molecule has 0 spiro atoms. The van der Waals surface area contributed by atoms with Gasteiger partial charge in [0.2, 0.25) is 0 Å². The second-order valence-electron chi connectivity index (χ2n) is 5.62. The number of carbonyl (C=O) groups excluding carboxylic acids is 1. The lowest BCUT2D eigenvalue weighted by Gasteiger charge is -2.16. The highest BCUT2D eigenvalue weighted by Crippen LogP contribution is 2.22. The Bertz CT molecular complexity index is 881. The minimum atomic E-state index is -3.58. The summed E-state index contributed by atoms with van der Waals surface area (Å²) < 4.78 is 27.3. The number of thiazole rings is 1. The molecule has 0 unspecified atom stereocenters.